The van der Waals surface area contributed by atoms with E-state index in [1.54, 1.807) is 48.5 Å². The van der Waals surface area contributed by atoms with E-state index < -0.39 is 34.1 Å². The maximum absolute atomic E-state index is 14.7. The SMILES string of the molecule is COc1ccc(C)cc1N(CC(=O)N(Cc1cccc(Cl)c1)C(Cc1ccccc1)C(=O)NC(C)(C)C)S(=O)(=O)c1ccc(C)cc1. The number of benzene rings is 4. The molecule has 4 aromatic carbocycles. The first-order valence-corrected chi connectivity index (χ1v) is 17.1. The predicted molar refractivity (Wildman–Crippen MR) is 187 cm³/mol. The first-order chi connectivity index (χ1) is 22.2. The number of nitrogens with zero attached hydrogens (tertiary/aromatic N) is 2. The lowest BCUT2D eigenvalue weighted by Crippen LogP contribution is -2.56. The molecule has 0 saturated heterocycles. The highest BCUT2D eigenvalue weighted by Gasteiger charge is 2.36. The minimum absolute atomic E-state index is 0.0117. The quantitative estimate of drug-likeness (QED) is 0.180. The number of anilines is 1. The summed E-state index contributed by atoms with van der Waals surface area (Å²) in [4.78, 5) is 30.2. The van der Waals surface area contributed by atoms with Crippen molar-refractivity contribution in [3.05, 3.63) is 124 Å². The maximum atomic E-state index is 14.7. The molecule has 4 rings (SSSR count). The van der Waals surface area contributed by atoms with Gasteiger partial charge < -0.3 is 15.0 Å². The second-order valence-corrected chi connectivity index (χ2v) is 14.9. The molecule has 0 aliphatic carbocycles. The van der Waals surface area contributed by atoms with Crippen LogP contribution in [0.1, 0.15) is 43.0 Å². The molecule has 248 valence electrons. The molecular formula is C37H42ClN3O5S. The van der Waals surface area contributed by atoms with Gasteiger partial charge in [-0.05, 0) is 87.7 Å². The predicted octanol–water partition coefficient (Wildman–Crippen LogP) is 6.72. The van der Waals surface area contributed by atoms with Gasteiger partial charge in [-0.3, -0.25) is 13.9 Å². The van der Waals surface area contributed by atoms with Gasteiger partial charge in [-0.25, -0.2) is 8.42 Å². The second kappa shape index (κ2) is 15.0. The minimum Gasteiger partial charge on any atom is -0.495 e. The van der Waals surface area contributed by atoms with Crippen LogP contribution in [-0.4, -0.2) is 50.4 Å². The largest absolute Gasteiger partial charge is 0.495 e. The molecule has 47 heavy (non-hydrogen) atoms. The third-order valence-corrected chi connectivity index (χ3v) is 9.51. The van der Waals surface area contributed by atoms with E-state index in [-0.39, 0.29) is 35.2 Å². The van der Waals surface area contributed by atoms with Gasteiger partial charge in [0.25, 0.3) is 10.0 Å². The molecule has 0 radical (unpaired) electrons. The molecule has 1 atom stereocenters. The van der Waals surface area contributed by atoms with Crippen LogP contribution in [0.4, 0.5) is 5.69 Å². The Balaban J connectivity index is 1.87. The van der Waals surface area contributed by atoms with Gasteiger partial charge in [0.2, 0.25) is 11.8 Å². The summed E-state index contributed by atoms with van der Waals surface area (Å²) in [5.41, 5.74) is 2.82. The van der Waals surface area contributed by atoms with E-state index in [0.29, 0.717) is 10.6 Å². The van der Waals surface area contributed by atoms with Crippen LogP contribution in [0.5, 0.6) is 5.75 Å². The van der Waals surface area contributed by atoms with Crippen molar-refractivity contribution in [2.75, 3.05) is 18.0 Å². The molecular weight excluding hydrogens is 634 g/mol. The molecule has 0 aliphatic heterocycles. The fourth-order valence-electron chi connectivity index (χ4n) is 5.18. The third-order valence-electron chi connectivity index (χ3n) is 7.50. The number of halogens is 1. The van der Waals surface area contributed by atoms with Gasteiger partial charge in [0, 0.05) is 23.5 Å². The van der Waals surface area contributed by atoms with Crippen molar-refractivity contribution in [1.82, 2.24) is 10.2 Å². The standard InChI is InChI=1S/C37H42ClN3O5S/c1-26-15-18-31(19-16-26)47(44,45)41(32-21-27(2)17-20-34(32)46-6)25-35(42)40(24-29-13-10-14-30(38)22-29)33(36(43)39-37(3,4)5)23-28-11-8-7-9-12-28/h7-22,33H,23-25H2,1-6H3,(H,39,43). The Morgan fingerprint density at radius 3 is 2.11 bits per heavy atom. The van der Waals surface area contributed by atoms with Crippen molar-refractivity contribution in [2.24, 2.45) is 0 Å². The van der Waals surface area contributed by atoms with Crippen LogP contribution in [0.15, 0.2) is 102 Å². The number of sulfonamides is 1. The van der Waals surface area contributed by atoms with Crippen LogP contribution in [-0.2, 0) is 32.6 Å². The number of carbonyl (C=O) groups is 2. The average molecular weight is 676 g/mol. The van der Waals surface area contributed by atoms with E-state index in [2.05, 4.69) is 5.32 Å². The molecule has 0 saturated carbocycles. The molecule has 0 heterocycles. The normalized spacial score (nSPS) is 12.2. The lowest BCUT2D eigenvalue weighted by Gasteiger charge is -2.35. The van der Waals surface area contributed by atoms with Crippen molar-refractivity contribution in [3.8, 4) is 5.75 Å². The molecule has 1 N–H and O–H groups in total. The topological polar surface area (TPSA) is 96.0 Å². The van der Waals surface area contributed by atoms with Gasteiger partial charge in [-0.2, -0.15) is 0 Å². The highest BCUT2D eigenvalue weighted by atomic mass is 35.5. The van der Waals surface area contributed by atoms with Crippen LogP contribution in [0.25, 0.3) is 0 Å². The second-order valence-electron chi connectivity index (χ2n) is 12.6. The summed E-state index contributed by atoms with van der Waals surface area (Å²) in [5.74, 6) is -0.654. The van der Waals surface area contributed by atoms with E-state index in [9.17, 15) is 18.0 Å². The van der Waals surface area contributed by atoms with E-state index in [0.717, 1.165) is 21.0 Å². The number of methoxy groups -OCH3 is 1. The zero-order valence-corrected chi connectivity index (χ0v) is 29.2. The van der Waals surface area contributed by atoms with E-state index in [1.165, 1.54) is 24.1 Å². The summed E-state index contributed by atoms with van der Waals surface area (Å²) >= 11 is 6.33. The van der Waals surface area contributed by atoms with E-state index >= 15 is 0 Å². The summed E-state index contributed by atoms with van der Waals surface area (Å²) in [6, 6.07) is 27.1. The number of amides is 2. The number of nitrogens with one attached hydrogen (secondary N) is 1. The van der Waals surface area contributed by atoms with Crippen LogP contribution < -0.4 is 14.4 Å². The summed E-state index contributed by atoms with van der Waals surface area (Å²) in [5, 5.41) is 3.51. The van der Waals surface area contributed by atoms with Crippen molar-refractivity contribution in [3.63, 3.8) is 0 Å². The molecule has 0 aromatic heterocycles. The molecule has 10 heteroatoms. The van der Waals surface area contributed by atoms with Gasteiger partial charge in [-0.1, -0.05) is 77.8 Å². The van der Waals surface area contributed by atoms with Crippen LogP contribution in [0, 0.1) is 13.8 Å². The Labute approximate surface area is 283 Å². The zero-order chi connectivity index (χ0) is 34.4. The number of aryl methyl sites for hydroxylation is 2. The monoisotopic (exact) mass is 675 g/mol. The summed E-state index contributed by atoms with van der Waals surface area (Å²) in [6.45, 7) is 8.72. The van der Waals surface area contributed by atoms with E-state index in [4.69, 9.17) is 16.3 Å². The highest BCUT2D eigenvalue weighted by molar-refractivity contribution is 7.92. The molecule has 0 bridgehead atoms. The Morgan fingerprint density at radius 2 is 1.49 bits per heavy atom. The van der Waals surface area contributed by atoms with Gasteiger partial charge in [0.15, 0.2) is 0 Å². The van der Waals surface area contributed by atoms with Gasteiger partial charge in [0.05, 0.1) is 17.7 Å². The zero-order valence-electron chi connectivity index (χ0n) is 27.7. The Kier molecular flexibility index (Phi) is 11.4. The molecule has 8 nitrogen and oxygen atoms in total. The van der Waals surface area contributed by atoms with Crippen molar-refractivity contribution < 1.29 is 22.7 Å². The molecule has 0 spiro atoms. The number of carbonyl (C=O) groups excluding carboxylic acids is 2. The fraction of sp³-hybridized carbons (Fsp3) is 0.297. The first-order valence-electron chi connectivity index (χ1n) is 15.3. The Morgan fingerprint density at radius 1 is 0.851 bits per heavy atom. The summed E-state index contributed by atoms with van der Waals surface area (Å²) in [6.07, 6.45) is 0.202. The van der Waals surface area contributed by atoms with Crippen LogP contribution >= 0.6 is 11.6 Å². The third kappa shape index (κ3) is 9.36. The number of rotatable bonds is 12. The fourth-order valence-corrected chi connectivity index (χ4v) is 6.81. The number of ether oxygens (including phenoxy) is 1. The maximum Gasteiger partial charge on any atom is 0.264 e. The number of hydrogen-bond donors (Lipinski definition) is 1. The minimum atomic E-state index is -4.28. The number of hydrogen-bond acceptors (Lipinski definition) is 5. The first kappa shape index (κ1) is 35.5. The molecule has 2 amide bonds. The van der Waals surface area contributed by atoms with Crippen molar-refractivity contribution >= 4 is 39.1 Å². The van der Waals surface area contributed by atoms with Crippen molar-refractivity contribution in [1.29, 1.82) is 0 Å². The molecule has 4 aromatic rings. The summed E-state index contributed by atoms with van der Waals surface area (Å²) < 4.78 is 35.4. The van der Waals surface area contributed by atoms with Gasteiger partial charge in [-0.15, -0.1) is 0 Å². The highest BCUT2D eigenvalue weighted by Crippen LogP contribution is 2.34. The van der Waals surface area contributed by atoms with Crippen molar-refractivity contribution in [2.45, 2.75) is 64.1 Å². The summed E-state index contributed by atoms with van der Waals surface area (Å²) in [7, 11) is -2.83. The van der Waals surface area contributed by atoms with Gasteiger partial charge in [0.1, 0.15) is 18.3 Å². The molecule has 0 fully saturated rings. The van der Waals surface area contributed by atoms with E-state index in [1.807, 2.05) is 71.0 Å². The van der Waals surface area contributed by atoms with Gasteiger partial charge >= 0.3 is 0 Å². The lowest BCUT2D eigenvalue weighted by molar-refractivity contribution is -0.140. The Hall–Kier alpha value is -4.34. The lowest BCUT2D eigenvalue weighted by atomic mass is 10.0. The van der Waals surface area contributed by atoms with Crippen LogP contribution in [0.3, 0.4) is 0 Å². The van der Waals surface area contributed by atoms with Crippen LogP contribution in [0.2, 0.25) is 5.02 Å². The smallest absolute Gasteiger partial charge is 0.264 e. The Bertz CT molecular complexity index is 1810. The molecule has 1 unspecified atom stereocenters. The average Bonchev–Trinajstić information content (AvgIpc) is 3.01. The molecule has 0 aliphatic rings.